The molecule has 0 aromatic heterocycles. The molecule has 1 heterocycles. The van der Waals surface area contributed by atoms with E-state index >= 15 is 0 Å². The Bertz CT molecular complexity index is 889. The summed E-state index contributed by atoms with van der Waals surface area (Å²) in [5.41, 5.74) is 4.17. The van der Waals surface area contributed by atoms with Crippen LogP contribution in [0.3, 0.4) is 0 Å². The fourth-order valence-corrected chi connectivity index (χ4v) is 5.30. The van der Waals surface area contributed by atoms with Gasteiger partial charge in [-0.1, -0.05) is 72.8 Å². The Balaban J connectivity index is 0.000000376. The molecule has 0 bridgehead atoms. The van der Waals surface area contributed by atoms with Gasteiger partial charge in [0, 0.05) is 11.1 Å². The Kier molecular flexibility index (Phi) is 6.34. The first-order valence-corrected chi connectivity index (χ1v) is 10.9. The first kappa shape index (κ1) is 19.6. The van der Waals surface area contributed by atoms with Gasteiger partial charge in [0.2, 0.25) is 0 Å². The Morgan fingerprint density at radius 2 is 1.26 bits per heavy atom. The van der Waals surface area contributed by atoms with E-state index in [0.29, 0.717) is 5.25 Å². The second-order valence-corrected chi connectivity index (χ2v) is 8.67. The van der Waals surface area contributed by atoms with Crippen LogP contribution >= 0.6 is 0 Å². The summed E-state index contributed by atoms with van der Waals surface area (Å²) in [4.78, 5) is 1.40. The third-order valence-corrected chi connectivity index (χ3v) is 6.32. The minimum absolute atomic E-state index is 0.0613. The van der Waals surface area contributed by atoms with Crippen LogP contribution in [-0.4, -0.2) is 14.0 Å². The zero-order chi connectivity index (χ0) is 19.3. The van der Waals surface area contributed by atoms with Crippen molar-refractivity contribution in [2.75, 3.05) is 0 Å². The molecule has 3 N–H and O–H groups in total. The van der Waals surface area contributed by atoms with Crippen molar-refractivity contribution in [3.05, 3.63) is 107 Å². The van der Waals surface area contributed by atoms with Crippen molar-refractivity contribution in [3.8, 4) is 0 Å². The molecule has 4 rings (SSSR count). The molecule has 0 radical (unpaired) electrons. The molecular weight excluding hydrogens is 384 g/mol. The van der Waals surface area contributed by atoms with Crippen molar-refractivity contribution in [2.45, 2.75) is 10.1 Å². The molecule has 1 aliphatic heterocycles. The van der Waals surface area contributed by atoms with Crippen molar-refractivity contribution in [1.82, 2.24) is 0 Å². The fraction of sp³-hybridized carbons (Fsp3) is 0.0476. The van der Waals surface area contributed by atoms with Crippen LogP contribution in [-0.2, 0) is 10.9 Å². The number of rotatable bonds is 2. The Morgan fingerprint density at radius 1 is 0.741 bits per heavy atom. The van der Waals surface area contributed by atoms with Gasteiger partial charge in [-0.3, -0.25) is 0 Å². The van der Waals surface area contributed by atoms with E-state index in [4.69, 9.17) is 18.6 Å². The standard InChI is InChI=1S/C21H17S.ClH3O4/c1-3-10-18(11-4-1)21-20-14-8-7-9-17(20)15-16-22(21)19-12-5-2-6-13-19;2-1(3,4)5/h1-16,21H;2-4H/q+1;. The van der Waals surface area contributed by atoms with Crippen LogP contribution in [0.5, 0.6) is 0 Å². The monoisotopic (exact) mass is 403 g/mol. The quantitative estimate of drug-likeness (QED) is 0.574. The molecule has 0 spiro atoms. The second-order valence-electron chi connectivity index (χ2n) is 5.84. The molecular formula is C21H20ClO4S+. The van der Waals surface area contributed by atoms with Gasteiger partial charge >= 0.3 is 28.9 Å². The van der Waals surface area contributed by atoms with E-state index in [2.05, 4.69) is 96.4 Å². The molecule has 27 heavy (non-hydrogen) atoms. The van der Waals surface area contributed by atoms with Gasteiger partial charge in [-0.2, -0.15) is 0 Å². The van der Waals surface area contributed by atoms with E-state index < -0.39 is 10.2 Å². The van der Waals surface area contributed by atoms with Gasteiger partial charge in [0.15, 0.2) is 10.1 Å². The van der Waals surface area contributed by atoms with Crippen molar-refractivity contribution in [2.24, 2.45) is 0 Å². The maximum absolute atomic E-state index is 8.83. The van der Waals surface area contributed by atoms with Gasteiger partial charge in [0.05, 0.1) is 10.9 Å². The van der Waals surface area contributed by atoms with Crippen molar-refractivity contribution >= 4 is 17.0 Å². The zero-order valence-electron chi connectivity index (χ0n) is 14.4. The third-order valence-electron chi connectivity index (χ3n) is 4.04. The average molecular weight is 404 g/mol. The topological polar surface area (TPSA) is 83.8 Å². The fourth-order valence-electron chi connectivity index (χ4n) is 3.01. The van der Waals surface area contributed by atoms with Gasteiger partial charge in [-0.05, 0) is 23.8 Å². The van der Waals surface area contributed by atoms with Crippen LogP contribution < -0.4 is 4.66 Å². The summed E-state index contributed by atoms with van der Waals surface area (Å²) >= 11 is 0. The molecule has 0 aliphatic carbocycles. The summed E-state index contributed by atoms with van der Waals surface area (Å²) in [6, 6.07) is 30.5. The van der Waals surface area contributed by atoms with Gasteiger partial charge in [-0.15, -0.1) is 0 Å². The van der Waals surface area contributed by atoms with E-state index in [9.17, 15) is 0 Å². The predicted molar refractivity (Wildman–Crippen MR) is 102 cm³/mol. The first-order valence-electron chi connectivity index (χ1n) is 8.19. The van der Waals surface area contributed by atoms with Crippen LogP contribution in [0.2, 0.25) is 0 Å². The molecule has 4 nitrogen and oxygen atoms in total. The number of benzene rings is 3. The second kappa shape index (κ2) is 8.71. The van der Waals surface area contributed by atoms with Gasteiger partial charge in [0.1, 0.15) is 5.41 Å². The van der Waals surface area contributed by atoms with Crippen LogP contribution in [0.15, 0.2) is 95.2 Å². The normalized spacial score (nSPS) is 18.8. The van der Waals surface area contributed by atoms with Crippen LogP contribution in [0.1, 0.15) is 21.9 Å². The Hall–Kier alpha value is -2.12. The van der Waals surface area contributed by atoms with E-state index in [1.165, 1.54) is 21.6 Å². The number of hydrogen-bond acceptors (Lipinski definition) is 4. The Morgan fingerprint density at radius 3 is 1.89 bits per heavy atom. The minimum atomic E-state index is -4.19. The first-order chi connectivity index (χ1) is 12.9. The summed E-state index contributed by atoms with van der Waals surface area (Å²) in [6.07, 6.45) is 2.28. The summed E-state index contributed by atoms with van der Waals surface area (Å²) in [5, 5.41) is 2.79. The summed E-state index contributed by atoms with van der Waals surface area (Å²) < 4.78 is 30.2. The van der Waals surface area contributed by atoms with Crippen LogP contribution in [0, 0.1) is 10.2 Å². The predicted octanol–water partition coefficient (Wildman–Crippen LogP) is 2.58. The molecule has 0 amide bonds. The van der Waals surface area contributed by atoms with E-state index in [1.807, 2.05) is 0 Å². The molecule has 140 valence electrons. The van der Waals surface area contributed by atoms with Gasteiger partial charge < -0.3 is 0 Å². The van der Waals surface area contributed by atoms with Crippen molar-refractivity contribution < 1.29 is 28.9 Å². The third kappa shape index (κ3) is 5.43. The van der Waals surface area contributed by atoms with Crippen LogP contribution in [0.4, 0.5) is 0 Å². The SMILES string of the molecule is C1=C[S+](c2ccccc2)C(c2ccccc2)c2ccccc21.[O-][Cl+](O)(O)O. The molecule has 0 saturated heterocycles. The Labute approximate surface area is 163 Å². The molecule has 2 unspecified atom stereocenters. The van der Waals surface area contributed by atoms with Crippen LogP contribution in [0.25, 0.3) is 6.08 Å². The van der Waals surface area contributed by atoms with E-state index in [0.717, 1.165) is 0 Å². The molecule has 6 heteroatoms. The van der Waals surface area contributed by atoms with Crippen molar-refractivity contribution in [1.29, 1.82) is 0 Å². The van der Waals surface area contributed by atoms with Gasteiger partial charge in [0.25, 0.3) is 0 Å². The molecule has 0 fully saturated rings. The molecule has 3 aromatic carbocycles. The van der Waals surface area contributed by atoms with E-state index in [1.54, 1.807) is 0 Å². The van der Waals surface area contributed by atoms with Crippen molar-refractivity contribution in [3.63, 3.8) is 0 Å². The average Bonchev–Trinajstić information content (AvgIpc) is 2.67. The molecule has 0 saturated carbocycles. The number of halogens is 1. The summed E-state index contributed by atoms with van der Waals surface area (Å²) in [6.45, 7) is 0. The van der Waals surface area contributed by atoms with E-state index in [-0.39, 0.29) is 10.9 Å². The number of hydrogen-bond donors (Lipinski definition) is 3. The molecule has 1 aliphatic rings. The zero-order valence-corrected chi connectivity index (χ0v) is 15.9. The molecule has 3 aromatic rings. The molecule has 2 atom stereocenters. The summed E-state index contributed by atoms with van der Waals surface area (Å²) in [7, 11) is -4.13. The number of fused-ring (bicyclic) bond motifs is 1. The maximum atomic E-state index is 8.83. The van der Waals surface area contributed by atoms with Gasteiger partial charge in [-0.25, -0.2) is 0 Å². The summed E-state index contributed by atoms with van der Waals surface area (Å²) in [5.74, 6) is 0.